The minimum atomic E-state index is -4.50. The van der Waals surface area contributed by atoms with Crippen LogP contribution in [-0.4, -0.2) is 22.1 Å². The molecule has 1 rings (SSSR count). The molecule has 0 saturated heterocycles. The molecule has 1 unspecified atom stereocenters. The van der Waals surface area contributed by atoms with E-state index in [2.05, 4.69) is 4.98 Å². The van der Waals surface area contributed by atoms with Crippen molar-refractivity contribution in [3.63, 3.8) is 0 Å². The van der Waals surface area contributed by atoms with Gasteiger partial charge >= 0.3 is 6.18 Å². The summed E-state index contributed by atoms with van der Waals surface area (Å²) >= 11 is 0. The number of halogens is 3. The highest BCUT2D eigenvalue weighted by molar-refractivity contribution is 5.34. The predicted molar refractivity (Wildman–Crippen MR) is 53.2 cm³/mol. The Kier molecular flexibility index (Phi) is 4.00. The van der Waals surface area contributed by atoms with Crippen molar-refractivity contribution in [1.29, 1.82) is 0 Å². The summed E-state index contributed by atoms with van der Waals surface area (Å²) in [7, 11) is 0. The van der Waals surface area contributed by atoms with Crippen molar-refractivity contribution in [3.8, 4) is 0 Å². The van der Waals surface area contributed by atoms with Crippen LogP contribution in [0.3, 0.4) is 0 Å². The molecule has 0 spiro atoms. The lowest BCUT2D eigenvalue weighted by Gasteiger charge is -2.14. The number of aromatic nitrogens is 1. The summed E-state index contributed by atoms with van der Waals surface area (Å²) in [5, 5.41) is 10.6. The van der Waals surface area contributed by atoms with E-state index in [0.717, 1.165) is 0 Å². The van der Waals surface area contributed by atoms with Crippen molar-refractivity contribution in [1.82, 2.24) is 4.98 Å². The van der Waals surface area contributed by atoms with Crippen molar-refractivity contribution in [3.05, 3.63) is 34.1 Å². The SMILES string of the molecule is NC(CCc1ncccc1[N+](=O)[O-])C(F)(F)F. The van der Waals surface area contributed by atoms with E-state index in [-0.39, 0.29) is 17.8 Å². The Balaban J connectivity index is 2.73. The van der Waals surface area contributed by atoms with Gasteiger partial charge in [-0.1, -0.05) is 0 Å². The van der Waals surface area contributed by atoms with Crippen molar-refractivity contribution in [2.75, 3.05) is 0 Å². The summed E-state index contributed by atoms with van der Waals surface area (Å²) < 4.78 is 36.4. The van der Waals surface area contributed by atoms with Gasteiger partial charge < -0.3 is 5.73 Å². The van der Waals surface area contributed by atoms with Crippen LogP contribution in [0.1, 0.15) is 12.1 Å². The van der Waals surface area contributed by atoms with Crippen LogP contribution < -0.4 is 5.73 Å². The molecule has 0 aliphatic carbocycles. The molecule has 1 aromatic rings. The van der Waals surface area contributed by atoms with E-state index in [9.17, 15) is 23.3 Å². The molecule has 1 aromatic heterocycles. The van der Waals surface area contributed by atoms with Gasteiger partial charge in [0, 0.05) is 12.3 Å². The average Bonchev–Trinajstić information content (AvgIpc) is 2.24. The molecule has 0 fully saturated rings. The van der Waals surface area contributed by atoms with Crippen molar-refractivity contribution in [2.45, 2.75) is 25.1 Å². The third kappa shape index (κ3) is 3.66. The Bertz CT molecular complexity index is 409. The standard InChI is InChI=1S/C9H10F3N3O2/c10-9(11,12)8(13)4-3-6-7(15(16)17)2-1-5-14-6/h1-2,5,8H,3-4,13H2. The van der Waals surface area contributed by atoms with Crippen molar-refractivity contribution in [2.24, 2.45) is 5.73 Å². The number of hydrogen-bond donors (Lipinski definition) is 1. The van der Waals surface area contributed by atoms with E-state index >= 15 is 0 Å². The Morgan fingerprint density at radius 1 is 1.53 bits per heavy atom. The molecular formula is C9H10F3N3O2. The second kappa shape index (κ2) is 5.09. The Morgan fingerprint density at radius 3 is 2.71 bits per heavy atom. The van der Waals surface area contributed by atoms with E-state index in [0.29, 0.717) is 0 Å². The summed E-state index contributed by atoms with van der Waals surface area (Å²) in [5.41, 5.74) is 4.62. The number of pyridine rings is 1. The van der Waals surface area contributed by atoms with Gasteiger partial charge in [0.1, 0.15) is 11.7 Å². The van der Waals surface area contributed by atoms with Gasteiger partial charge in [0.2, 0.25) is 0 Å². The summed E-state index contributed by atoms with van der Waals surface area (Å²) in [6, 6.07) is 0.552. The van der Waals surface area contributed by atoms with Crippen LogP contribution in [0.5, 0.6) is 0 Å². The third-order valence-electron chi connectivity index (χ3n) is 2.18. The van der Waals surface area contributed by atoms with Crippen LogP contribution in [0, 0.1) is 10.1 Å². The maximum Gasteiger partial charge on any atom is 0.403 e. The number of nitro groups is 1. The Labute approximate surface area is 94.6 Å². The zero-order valence-corrected chi connectivity index (χ0v) is 8.65. The topological polar surface area (TPSA) is 82.0 Å². The number of hydrogen-bond acceptors (Lipinski definition) is 4. The predicted octanol–water partition coefficient (Wildman–Crippen LogP) is 1.81. The van der Waals surface area contributed by atoms with E-state index < -0.39 is 23.6 Å². The first kappa shape index (κ1) is 13.4. The first-order chi connectivity index (χ1) is 7.82. The van der Waals surface area contributed by atoms with E-state index in [4.69, 9.17) is 5.73 Å². The molecule has 0 aliphatic rings. The molecule has 5 nitrogen and oxygen atoms in total. The van der Waals surface area contributed by atoms with Gasteiger partial charge in [-0.2, -0.15) is 13.2 Å². The second-order valence-corrected chi connectivity index (χ2v) is 3.41. The first-order valence-corrected chi connectivity index (χ1v) is 4.73. The lowest BCUT2D eigenvalue weighted by atomic mass is 10.1. The van der Waals surface area contributed by atoms with E-state index in [1.165, 1.54) is 18.3 Å². The van der Waals surface area contributed by atoms with Crippen LogP contribution in [0.25, 0.3) is 0 Å². The van der Waals surface area contributed by atoms with Crippen LogP contribution in [0.15, 0.2) is 18.3 Å². The molecule has 17 heavy (non-hydrogen) atoms. The highest BCUT2D eigenvalue weighted by atomic mass is 19.4. The lowest BCUT2D eigenvalue weighted by molar-refractivity contribution is -0.386. The maximum atomic E-state index is 12.1. The van der Waals surface area contributed by atoms with Crippen molar-refractivity contribution >= 4 is 5.69 Å². The second-order valence-electron chi connectivity index (χ2n) is 3.41. The molecule has 0 radical (unpaired) electrons. The zero-order valence-electron chi connectivity index (χ0n) is 8.65. The van der Waals surface area contributed by atoms with Gasteiger partial charge in [-0.15, -0.1) is 0 Å². The normalized spacial score (nSPS) is 13.4. The summed E-state index contributed by atoms with van der Waals surface area (Å²) in [4.78, 5) is 13.6. The molecule has 2 N–H and O–H groups in total. The molecule has 0 aromatic carbocycles. The molecular weight excluding hydrogens is 239 g/mol. The first-order valence-electron chi connectivity index (χ1n) is 4.73. The minimum Gasteiger partial charge on any atom is -0.320 e. The van der Waals surface area contributed by atoms with E-state index in [1.807, 2.05) is 0 Å². The fraction of sp³-hybridized carbons (Fsp3) is 0.444. The van der Waals surface area contributed by atoms with Crippen LogP contribution in [0.2, 0.25) is 0 Å². The largest absolute Gasteiger partial charge is 0.403 e. The molecule has 1 atom stereocenters. The Hall–Kier alpha value is -1.70. The van der Waals surface area contributed by atoms with Crippen LogP contribution in [0.4, 0.5) is 18.9 Å². The lowest BCUT2D eigenvalue weighted by Crippen LogP contribution is -2.37. The van der Waals surface area contributed by atoms with Gasteiger partial charge in [0.05, 0.1) is 4.92 Å². The number of rotatable bonds is 4. The molecule has 0 bridgehead atoms. The molecule has 0 amide bonds. The van der Waals surface area contributed by atoms with Gasteiger partial charge in [0.25, 0.3) is 5.69 Å². The monoisotopic (exact) mass is 249 g/mol. The number of nitrogens with zero attached hydrogens (tertiary/aromatic N) is 2. The minimum absolute atomic E-state index is 0.0113. The van der Waals surface area contributed by atoms with Gasteiger partial charge in [-0.05, 0) is 18.9 Å². The van der Waals surface area contributed by atoms with Gasteiger partial charge in [-0.25, -0.2) is 0 Å². The molecule has 1 heterocycles. The van der Waals surface area contributed by atoms with Gasteiger partial charge in [-0.3, -0.25) is 15.1 Å². The quantitative estimate of drug-likeness (QED) is 0.651. The number of aryl methyl sites for hydroxylation is 1. The molecule has 94 valence electrons. The molecule has 0 saturated carbocycles. The summed E-state index contributed by atoms with van der Waals surface area (Å²) in [6.07, 6.45) is -3.82. The van der Waals surface area contributed by atoms with Crippen molar-refractivity contribution < 1.29 is 18.1 Å². The number of alkyl halides is 3. The maximum absolute atomic E-state index is 12.1. The highest BCUT2D eigenvalue weighted by Gasteiger charge is 2.36. The highest BCUT2D eigenvalue weighted by Crippen LogP contribution is 2.23. The summed E-state index contributed by atoms with van der Waals surface area (Å²) in [5.74, 6) is 0. The molecule has 0 aliphatic heterocycles. The Morgan fingerprint density at radius 2 is 2.18 bits per heavy atom. The number of nitrogens with two attached hydrogens (primary N) is 1. The van der Waals surface area contributed by atoms with Gasteiger partial charge in [0.15, 0.2) is 0 Å². The van der Waals surface area contributed by atoms with Crippen LogP contribution in [-0.2, 0) is 6.42 Å². The summed E-state index contributed by atoms with van der Waals surface area (Å²) in [6.45, 7) is 0. The van der Waals surface area contributed by atoms with E-state index in [1.54, 1.807) is 0 Å². The fourth-order valence-corrected chi connectivity index (χ4v) is 1.24. The average molecular weight is 249 g/mol. The molecule has 8 heteroatoms. The fourth-order valence-electron chi connectivity index (χ4n) is 1.24. The smallest absolute Gasteiger partial charge is 0.320 e. The zero-order chi connectivity index (χ0) is 13.1. The van der Waals surface area contributed by atoms with Crippen LogP contribution >= 0.6 is 0 Å². The third-order valence-corrected chi connectivity index (χ3v) is 2.18.